The summed E-state index contributed by atoms with van der Waals surface area (Å²) in [5.74, 6) is -0.856. The van der Waals surface area contributed by atoms with Gasteiger partial charge in [0.25, 0.3) is 5.69 Å². The number of carbonyl (C=O) groups is 1. The summed E-state index contributed by atoms with van der Waals surface area (Å²) in [7, 11) is 0. The molecule has 96 valence electrons. The largest absolute Gasteiger partial charge is 0.481 e. The third-order valence-electron chi connectivity index (χ3n) is 3.54. The number of aliphatic carboxylic acids is 1. The van der Waals surface area contributed by atoms with Crippen LogP contribution >= 0.6 is 15.9 Å². The minimum Gasteiger partial charge on any atom is -0.481 e. The molecule has 0 atom stereocenters. The van der Waals surface area contributed by atoms with Crippen molar-refractivity contribution in [2.24, 2.45) is 5.41 Å². The first kappa shape index (κ1) is 13.0. The Bertz CT molecular complexity index is 511. The number of carboxylic acid groups (broad SMARTS) is 1. The minimum absolute atomic E-state index is 0.0168. The maximum Gasteiger partial charge on any atom is 0.309 e. The van der Waals surface area contributed by atoms with Crippen LogP contribution in [0, 0.1) is 15.5 Å². The molecule has 0 spiro atoms. The smallest absolute Gasteiger partial charge is 0.309 e. The number of rotatable bonds is 4. The lowest BCUT2D eigenvalue weighted by molar-refractivity contribution is -0.385. The number of nitro groups is 1. The molecule has 0 aromatic heterocycles. The molecule has 18 heavy (non-hydrogen) atoms. The number of nitrogens with zero attached hydrogens (tertiary/aromatic N) is 1. The molecule has 1 aliphatic rings. The summed E-state index contributed by atoms with van der Waals surface area (Å²) in [6, 6.07) is 4.76. The van der Waals surface area contributed by atoms with Crippen molar-refractivity contribution in [2.75, 3.05) is 0 Å². The van der Waals surface area contributed by atoms with Crippen molar-refractivity contribution < 1.29 is 14.8 Å². The first-order valence-electron chi connectivity index (χ1n) is 5.61. The number of carboxylic acids is 1. The molecular formula is C12H12BrNO4. The van der Waals surface area contributed by atoms with Crippen LogP contribution in [0.4, 0.5) is 5.69 Å². The maximum absolute atomic E-state index is 11.3. The van der Waals surface area contributed by atoms with Gasteiger partial charge in [-0.25, -0.2) is 0 Å². The first-order chi connectivity index (χ1) is 8.44. The predicted octanol–water partition coefficient (Wildman–Crippen LogP) is 3.15. The van der Waals surface area contributed by atoms with Crippen molar-refractivity contribution in [1.82, 2.24) is 0 Å². The highest BCUT2D eigenvalue weighted by Crippen LogP contribution is 2.45. The quantitative estimate of drug-likeness (QED) is 0.684. The van der Waals surface area contributed by atoms with E-state index in [9.17, 15) is 20.0 Å². The molecule has 0 saturated heterocycles. The van der Waals surface area contributed by atoms with Gasteiger partial charge in [0.2, 0.25) is 0 Å². The Kier molecular flexibility index (Phi) is 3.38. The van der Waals surface area contributed by atoms with Crippen LogP contribution in [0.2, 0.25) is 0 Å². The molecule has 0 radical (unpaired) electrons. The zero-order valence-corrected chi connectivity index (χ0v) is 11.1. The van der Waals surface area contributed by atoms with E-state index in [1.165, 1.54) is 6.07 Å². The van der Waals surface area contributed by atoms with Gasteiger partial charge in [0.05, 0.1) is 10.3 Å². The Hall–Kier alpha value is -1.43. The van der Waals surface area contributed by atoms with Crippen LogP contribution in [0.1, 0.15) is 24.8 Å². The Labute approximate surface area is 112 Å². The van der Waals surface area contributed by atoms with E-state index in [0.717, 1.165) is 6.42 Å². The number of hydrogen-bond acceptors (Lipinski definition) is 3. The summed E-state index contributed by atoms with van der Waals surface area (Å²) in [4.78, 5) is 21.8. The highest BCUT2D eigenvalue weighted by Gasteiger charge is 2.45. The van der Waals surface area contributed by atoms with Gasteiger partial charge in [0.15, 0.2) is 0 Å². The molecule has 1 aliphatic carbocycles. The van der Waals surface area contributed by atoms with E-state index in [2.05, 4.69) is 15.9 Å². The van der Waals surface area contributed by atoms with Gasteiger partial charge in [-0.2, -0.15) is 0 Å². The van der Waals surface area contributed by atoms with Crippen LogP contribution < -0.4 is 0 Å². The predicted molar refractivity (Wildman–Crippen MR) is 68.4 cm³/mol. The molecule has 1 N–H and O–H groups in total. The third-order valence-corrected chi connectivity index (χ3v) is 4.03. The van der Waals surface area contributed by atoms with Crippen molar-refractivity contribution >= 4 is 27.6 Å². The Morgan fingerprint density at radius 2 is 2.17 bits per heavy atom. The van der Waals surface area contributed by atoms with E-state index in [4.69, 9.17) is 0 Å². The molecule has 1 saturated carbocycles. The second-order valence-corrected chi connectivity index (χ2v) is 5.56. The monoisotopic (exact) mass is 313 g/mol. The van der Waals surface area contributed by atoms with Crippen molar-refractivity contribution in [1.29, 1.82) is 0 Å². The van der Waals surface area contributed by atoms with E-state index in [-0.39, 0.29) is 12.1 Å². The molecule has 6 heteroatoms. The van der Waals surface area contributed by atoms with E-state index < -0.39 is 16.3 Å². The Morgan fingerprint density at radius 3 is 2.61 bits per heavy atom. The third kappa shape index (κ3) is 2.25. The van der Waals surface area contributed by atoms with Gasteiger partial charge in [-0.15, -0.1) is 0 Å². The number of halogens is 1. The summed E-state index contributed by atoms with van der Waals surface area (Å²) in [6.07, 6.45) is 2.29. The van der Waals surface area contributed by atoms with E-state index in [1.807, 2.05) is 0 Å². The molecule has 0 bridgehead atoms. The lowest BCUT2D eigenvalue weighted by atomic mass is 9.65. The van der Waals surface area contributed by atoms with Crippen molar-refractivity contribution in [3.63, 3.8) is 0 Å². The van der Waals surface area contributed by atoms with Crippen LogP contribution in [0.5, 0.6) is 0 Å². The minimum atomic E-state index is -0.856. The van der Waals surface area contributed by atoms with Gasteiger partial charge >= 0.3 is 5.97 Å². The Morgan fingerprint density at radius 1 is 1.50 bits per heavy atom. The van der Waals surface area contributed by atoms with Crippen molar-refractivity contribution in [3.8, 4) is 0 Å². The van der Waals surface area contributed by atoms with Crippen molar-refractivity contribution in [3.05, 3.63) is 38.3 Å². The zero-order valence-electron chi connectivity index (χ0n) is 9.56. The van der Waals surface area contributed by atoms with Crippen LogP contribution in [0.3, 0.4) is 0 Å². The molecule has 2 rings (SSSR count). The average molecular weight is 314 g/mol. The molecule has 1 aromatic rings. The highest BCUT2D eigenvalue weighted by molar-refractivity contribution is 9.10. The Balaban J connectivity index is 2.34. The summed E-state index contributed by atoms with van der Waals surface area (Å²) < 4.78 is 0.621. The average Bonchev–Trinajstić information content (AvgIpc) is 2.24. The van der Waals surface area contributed by atoms with Gasteiger partial charge in [0, 0.05) is 16.1 Å². The van der Waals surface area contributed by atoms with Gasteiger partial charge in [-0.1, -0.05) is 28.4 Å². The molecule has 5 nitrogen and oxygen atoms in total. The van der Waals surface area contributed by atoms with Crippen LogP contribution in [0.25, 0.3) is 0 Å². The van der Waals surface area contributed by atoms with Gasteiger partial charge in [0.1, 0.15) is 0 Å². The molecule has 0 aliphatic heterocycles. The molecule has 0 amide bonds. The fourth-order valence-electron chi connectivity index (χ4n) is 2.29. The lowest BCUT2D eigenvalue weighted by Crippen LogP contribution is -2.40. The fourth-order valence-corrected chi connectivity index (χ4v) is 2.64. The normalized spacial score (nSPS) is 16.9. The number of hydrogen-bond donors (Lipinski definition) is 1. The summed E-state index contributed by atoms with van der Waals surface area (Å²) >= 11 is 3.18. The van der Waals surface area contributed by atoms with E-state index in [1.54, 1.807) is 12.1 Å². The maximum atomic E-state index is 11.3. The molecule has 0 unspecified atom stereocenters. The fraction of sp³-hybridized carbons (Fsp3) is 0.417. The standard InChI is InChI=1S/C12H12BrNO4/c13-9-3-2-8(10(6-9)14(17)18)7-12(11(15)16)4-1-5-12/h2-3,6H,1,4-5,7H2,(H,15,16). The second-order valence-electron chi connectivity index (χ2n) is 4.65. The first-order valence-corrected chi connectivity index (χ1v) is 6.40. The molecule has 0 heterocycles. The zero-order chi connectivity index (χ0) is 13.3. The summed E-state index contributed by atoms with van der Waals surface area (Å²) in [6.45, 7) is 0. The summed E-state index contributed by atoms with van der Waals surface area (Å²) in [5, 5.41) is 20.2. The van der Waals surface area contributed by atoms with Gasteiger partial charge < -0.3 is 5.11 Å². The topological polar surface area (TPSA) is 80.4 Å². The number of nitro benzene ring substituents is 1. The second kappa shape index (κ2) is 4.68. The van der Waals surface area contributed by atoms with Crippen molar-refractivity contribution in [2.45, 2.75) is 25.7 Å². The molecule has 1 fully saturated rings. The van der Waals surface area contributed by atoms with Crippen LogP contribution in [-0.4, -0.2) is 16.0 Å². The van der Waals surface area contributed by atoms with Gasteiger partial charge in [-0.05, 0) is 25.3 Å². The SMILES string of the molecule is O=C(O)C1(Cc2ccc(Br)cc2[N+](=O)[O-])CCC1. The highest BCUT2D eigenvalue weighted by atomic mass is 79.9. The van der Waals surface area contributed by atoms with Crippen LogP contribution in [-0.2, 0) is 11.2 Å². The summed E-state index contributed by atoms with van der Waals surface area (Å²) in [5.41, 5.74) is -0.333. The van der Waals surface area contributed by atoms with Gasteiger partial charge in [-0.3, -0.25) is 14.9 Å². The number of benzene rings is 1. The molecule has 1 aromatic carbocycles. The van der Waals surface area contributed by atoms with Crippen LogP contribution in [0.15, 0.2) is 22.7 Å². The molecular weight excluding hydrogens is 302 g/mol. The van der Waals surface area contributed by atoms with E-state index >= 15 is 0 Å². The lowest BCUT2D eigenvalue weighted by Gasteiger charge is -2.37. The van der Waals surface area contributed by atoms with E-state index in [0.29, 0.717) is 22.9 Å².